The molecule has 0 fully saturated rings. The smallest absolute Gasteiger partial charge is 0.153 e. The van der Waals surface area contributed by atoms with Gasteiger partial charge >= 0.3 is 0 Å². The third-order valence-electron chi connectivity index (χ3n) is 3.88. The standard InChI is InChI=1S/C13H16BrN5/c1-19-12(13(14)17-18-19)11(16-15)10-7-6-8-4-2-3-5-9(8)10/h2-5,10-11,16H,6-7,15H2,1H3. The summed E-state index contributed by atoms with van der Waals surface area (Å²) in [5, 5.41) is 8.08. The molecule has 0 saturated carbocycles. The summed E-state index contributed by atoms with van der Waals surface area (Å²) in [5.41, 5.74) is 6.72. The minimum absolute atomic E-state index is 0.0121. The van der Waals surface area contributed by atoms with Crippen LogP contribution in [0.3, 0.4) is 0 Å². The van der Waals surface area contributed by atoms with Crippen molar-refractivity contribution in [2.45, 2.75) is 24.8 Å². The monoisotopic (exact) mass is 321 g/mol. The summed E-state index contributed by atoms with van der Waals surface area (Å²) in [5.74, 6) is 6.16. The molecule has 1 heterocycles. The second-order valence-corrected chi connectivity index (χ2v) is 5.63. The Morgan fingerprint density at radius 1 is 1.47 bits per heavy atom. The first kappa shape index (κ1) is 12.8. The molecule has 0 aliphatic heterocycles. The zero-order valence-corrected chi connectivity index (χ0v) is 12.3. The molecule has 0 spiro atoms. The number of nitrogens with zero attached hydrogens (tertiary/aromatic N) is 3. The van der Waals surface area contributed by atoms with Gasteiger partial charge in [-0.1, -0.05) is 29.5 Å². The normalized spacial score (nSPS) is 19.4. The van der Waals surface area contributed by atoms with E-state index < -0.39 is 0 Å². The van der Waals surface area contributed by atoms with Crippen LogP contribution in [0, 0.1) is 0 Å². The topological polar surface area (TPSA) is 68.8 Å². The Hall–Kier alpha value is -1.24. The van der Waals surface area contributed by atoms with Gasteiger partial charge in [0.15, 0.2) is 4.60 Å². The van der Waals surface area contributed by atoms with E-state index in [4.69, 9.17) is 5.84 Å². The molecule has 3 N–H and O–H groups in total. The quantitative estimate of drug-likeness (QED) is 0.668. The number of hydrazine groups is 1. The van der Waals surface area contributed by atoms with E-state index in [9.17, 15) is 0 Å². The molecule has 0 amide bonds. The summed E-state index contributed by atoms with van der Waals surface area (Å²) in [6.07, 6.45) is 2.19. The summed E-state index contributed by atoms with van der Waals surface area (Å²) in [7, 11) is 1.89. The lowest BCUT2D eigenvalue weighted by atomic mass is 9.91. The average molecular weight is 322 g/mol. The number of hydrogen-bond acceptors (Lipinski definition) is 4. The van der Waals surface area contributed by atoms with Gasteiger partial charge in [-0.3, -0.25) is 11.3 Å². The first-order valence-corrected chi connectivity index (χ1v) is 7.10. The van der Waals surface area contributed by atoms with Crippen molar-refractivity contribution in [2.24, 2.45) is 12.9 Å². The summed E-state index contributed by atoms with van der Waals surface area (Å²) < 4.78 is 2.53. The number of rotatable bonds is 3. The molecule has 2 aromatic rings. The van der Waals surface area contributed by atoms with Gasteiger partial charge in [-0.05, 0) is 39.9 Å². The number of nitrogens with two attached hydrogens (primary N) is 1. The van der Waals surface area contributed by atoms with Crippen molar-refractivity contribution in [3.63, 3.8) is 0 Å². The molecule has 1 aromatic carbocycles. The molecule has 100 valence electrons. The van der Waals surface area contributed by atoms with E-state index in [1.54, 1.807) is 4.68 Å². The van der Waals surface area contributed by atoms with Crippen LogP contribution in [0.5, 0.6) is 0 Å². The highest BCUT2D eigenvalue weighted by Gasteiger charge is 2.33. The number of hydrogen-bond donors (Lipinski definition) is 2. The highest BCUT2D eigenvalue weighted by Crippen LogP contribution is 2.42. The summed E-state index contributed by atoms with van der Waals surface area (Å²) in [6.45, 7) is 0. The minimum Gasteiger partial charge on any atom is -0.271 e. The van der Waals surface area contributed by atoms with E-state index in [1.165, 1.54) is 11.1 Å². The highest BCUT2D eigenvalue weighted by molar-refractivity contribution is 9.10. The predicted octanol–water partition coefficient (Wildman–Crippen LogP) is 1.81. The first-order valence-electron chi connectivity index (χ1n) is 6.31. The maximum atomic E-state index is 5.80. The second kappa shape index (κ2) is 5.03. The molecule has 6 heteroatoms. The fourth-order valence-electron chi connectivity index (χ4n) is 2.99. The predicted molar refractivity (Wildman–Crippen MR) is 76.3 cm³/mol. The molecular weight excluding hydrogens is 306 g/mol. The molecule has 0 radical (unpaired) electrons. The zero-order valence-electron chi connectivity index (χ0n) is 10.7. The Kier molecular flexibility index (Phi) is 3.38. The van der Waals surface area contributed by atoms with Crippen molar-refractivity contribution >= 4 is 15.9 Å². The molecule has 0 saturated heterocycles. The zero-order chi connectivity index (χ0) is 13.4. The summed E-state index contributed by atoms with van der Waals surface area (Å²) in [6, 6.07) is 8.57. The Balaban J connectivity index is 2.01. The molecule has 1 aliphatic carbocycles. The van der Waals surface area contributed by atoms with E-state index in [0.29, 0.717) is 5.92 Å². The second-order valence-electron chi connectivity index (χ2n) is 4.88. The van der Waals surface area contributed by atoms with Crippen LogP contribution in [0.25, 0.3) is 0 Å². The van der Waals surface area contributed by atoms with E-state index >= 15 is 0 Å². The van der Waals surface area contributed by atoms with Crippen molar-refractivity contribution in [1.29, 1.82) is 0 Å². The maximum Gasteiger partial charge on any atom is 0.153 e. The third kappa shape index (κ3) is 2.09. The lowest BCUT2D eigenvalue weighted by Crippen LogP contribution is -2.33. The van der Waals surface area contributed by atoms with Crippen molar-refractivity contribution in [1.82, 2.24) is 20.4 Å². The number of nitrogens with one attached hydrogen (secondary N) is 1. The van der Waals surface area contributed by atoms with E-state index in [-0.39, 0.29) is 6.04 Å². The van der Waals surface area contributed by atoms with Crippen LogP contribution in [-0.2, 0) is 13.5 Å². The van der Waals surface area contributed by atoms with Crippen molar-refractivity contribution in [3.8, 4) is 0 Å². The van der Waals surface area contributed by atoms with Crippen molar-refractivity contribution < 1.29 is 0 Å². The van der Waals surface area contributed by atoms with Gasteiger partial charge in [-0.2, -0.15) is 0 Å². The van der Waals surface area contributed by atoms with Gasteiger partial charge in [0.1, 0.15) is 0 Å². The van der Waals surface area contributed by atoms with Gasteiger partial charge in [0, 0.05) is 13.0 Å². The van der Waals surface area contributed by atoms with Crippen LogP contribution < -0.4 is 11.3 Å². The number of halogens is 1. The minimum atomic E-state index is 0.0121. The van der Waals surface area contributed by atoms with Crippen LogP contribution >= 0.6 is 15.9 Å². The maximum absolute atomic E-state index is 5.80. The van der Waals surface area contributed by atoms with E-state index in [1.807, 2.05) is 7.05 Å². The van der Waals surface area contributed by atoms with Crippen LogP contribution in [0.15, 0.2) is 28.9 Å². The summed E-state index contributed by atoms with van der Waals surface area (Å²) in [4.78, 5) is 0. The van der Waals surface area contributed by atoms with E-state index in [2.05, 4.69) is 55.9 Å². The lowest BCUT2D eigenvalue weighted by Gasteiger charge is -2.23. The van der Waals surface area contributed by atoms with Gasteiger partial charge in [-0.25, -0.2) is 4.68 Å². The van der Waals surface area contributed by atoms with Gasteiger partial charge in [0.25, 0.3) is 0 Å². The fraction of sp³-hybridized carbons (Fsp3) is 0.385. The molecule has 2 unspecified atom stereocenters. The molecule has 5 nitrogen and oxygen atoms in total. The summed E-state index contributed by atoms with van der Waals surface area (Å²) >= 11 is 3.46. The molecule has 1 aromatic heterocycles. The SMILES string of the molecule is Cn1nnc(Br)c1C(NN)C1CCc2ccccc21. The number of fused-ring (bicyclic) bond motifs is 1. The van der Waals surface area contributed by atoms with Gasteiger partial charge in [-0.15, -0.1) is 5.10 Å². The van der Waals surface area contributed by atoms with Crippen molar-refractivity contribution in [3.05, 3.63) is 45.7 Å². The molecule has 2 atom stereocenters. The lowest BCUT2D eigenvalue weighted by molar-refractivity contribution is 0.425. The van der Waals surface area contributed by atoms with Crippen LogP contribution in [0.1, 0.15) is 35.2 Å². The highest BCUT2D eigenvalue weighted by atomic mass is 79.9. The number of aryl methyl sites for hydroxylation is 2. The molecule has 19 heavy (non-hydrogen) atoms. The van der Waals surface area contributed by atoms with Gasteiger partial charge in [0.05, 0.1) is 11.7 Å². The Bertz CT molecular complexity index is 575. The Labute approximate surface area is 120 Å². The molecule has 3 rings (SSSR count). The van der Waals surface area contributed by atoms with Gasteiger partial charge in [0.2, 0.25) is 0 Å². The number of benzene rings is 1. The van der Waals surface area contributed by atoms with Gasteiger partial charge < -0.3 is 0 Å². The Morgan fingerprint density at radius 3 is 2.95 bits per heavy atom. The van der Waals surface area contributed by atoms with Crippen LogP contribution in [0.2, 0.25) is 0 Å². The molecular formula is C13H16BrN5. The Morgan fingerprint density at radius 2 is 2.26 bits per heavy atom. The fourth-order valence-corrected chi connectivity index (χ4v) is 3.57. The first-order chi connectivity index (χ1) is 9.22. The third-order valence-corrected chi connectivity index (χ3v) is 4.45. The van der Waals surface area contributed by atoms with Crippen LogP contribution in [-0.4, -0.2) is 15.0 Å². The largest absolute Gasteiger partial charge is 0.271 e. The van der Waals surface area contributed by atoms with Crippen LogP contribution in [0.4, 0.5) is 0 Å². The molecule has 1 aliphatic rings. The van der Waals surface area contributed by atoms with Crippen molar-refractivity contribution in [2.75, 3.05) is 0 Å². The average Bonchev–Trinajstić information content (AvgIpc) is 2.98. The van der Waals surface area contributed by atoms with E-state index in [0.717, 1.165) is 23.1 Å². The molecule has 0 bridgehead atoms. The number of aromatic nitrogens is 3.